The highest BCUT2D eigenvalue weighted by atomic mass is 127. The molecule has 0 aromatic heterocycles. The number of likely N-dealkylation sites (tertiary alicyclic amines) is 1. The number of amides is 1. The van der Waals surface area contributed by atoms with Gasteiger partial charge in [0.05, 0.1) is 13.2 Å². The highest BCUT2D eigenvalue weighted by Crippen LogP contribution is 2.16. The molecule has 26 heavy (non-hydrogen) atoms. The Kier molecular flexibility index (Phi) is 11.2. The number of carbonyl (C=O) groups excluding carboxylic acids is 1. The lowest BCUT2D eigenvalue weighted by molar-refractivity contribution is 0.0913. The van der Waals surface area contributed by atoms with Crippen LogP contribution in [0.25, 0.3) is 0 Å². The van der Waals surface area contributed by atoms with E-state index in [-0.39, 0.29) is 30.1 Å². The third-order valence-corrected chi connectivity index (χ3v) is 4.89. The second-order valence-corrected chi connectivity index (χ2v) is 6.43. The average molecular weight is 483 g/mol. The number of hydrogen-bond donors (Lipinski definition) is 1. The van der Waals surface area contributed by atoms with Crippen LogP contribution in [-0.2, 0) is 9.47 Å². The molecule has 9 heteroatoms. The normalized spacial score (nSPS) is 21.5. The maximum atomic E-state index is 11.8. The van der Waals surface area contributed by atoms with Crippen LogP contribution < -0.4 is 5.32 Å². The van der Waals surface area contributed by atoms with Crippen molar-refractivity contribution in [2.45, 2.75) is 25.8 Å². The summed E-state index contributed by atoms with van der Waals surface area (Å²) >= 11 is 0. The lowest BCUT2D eigenvalue weighted by Crippen LogP contribution is -2.55. The second-order valence-electron chi connectivity index (χ2n) is 6.43. The first kappa shape index (κ1) is 23.2. The highest BCUT2D eigenvalue weighted by Gasteiger charge is 2.26. The van der Waals surface area contributed by atoms with E-state index in [4.69, 9.17) is 9.47 Å². The fourth-order valence-electron chi connectivity index (χ4n) is 3.49. The van der Waals surface area contributed by atoms with Gasteiger partial charge in [-0.05, 0) is 26.3 Å². The summed E-state index contributed by atoms with van der Waals surface area (Å²) in [7, 11) is 3.57. The Balaban J connectivity index is 0.00000338. The van der Waals surface area contributed by atoms with E-state index < -0.39 is 0 Å². The van der Waals surface area contributed by atoms with Crippen LogP contribution in [0.5, 0.6) is 0 Å². The van der Waals surface area contributed by atoms with Gasteiger partial charge in [0, 0.05) is 59.5 Å². The third-order valence-electron chi connectivity index (χ3n) is 4.89. The third kappa shape index (κ3) is 6.73. The molecule has 1 N–H and O–H groups in total. The first-order valence-corrected chi connectivity index (χ1v) is 9.29. The number of methoxy groups -OCH3 is 1. The first-order valence-electron chi connectivity index (χ1n) is 9.29. The molecule has 1 atom stereocenters. The smallest absolute Gasteiger partial charge is 0.409 e. The van der Waals surface area contributed by atoms with Gasteiger partial charge in [-0.1, -0.05) is 0 Å². The summed E-state index contributed by atoms with van der Waals surface area (Å²) in [4.78, 5) is 22.7. The summed E-state index contributed by atoms with van der Waals surface area (Å²) in [6.45, 7) is 8.95. The van der Waals surface area contributed by atoms with Crippen molar-refractivity contribution in [1.29, 1.82) is 0 Å². The van der Waals surface area contributed by atoms with Crippen molar-refractivity contribution in [3.63, 3.8) is 0 Å². The number of aliphatic imine (C=N–C) groups is 1. The van der Waals surface area contributed by atoms with Gasteiger partial charge in [-0.25, -0.2) is 4.79 Å². The van der Waals surface area contributed by atoms with Crippen molar-refractivity contribution in [3.05, 3.63) is 0 Å². The topological polar surface area (TPSA) is 69.6 Å². The molecule has 152 valence electrons. The molecule has 2 aliphatic rings. The summed E-state index contributed by atoms with van der Waals surface area (Å²) in [5.41, 5.74) is 0. The van der Waals surface area contributed by atoms with Crippen LogP contribution in [0, 0.1) is 0 Å². The fourth-order valence-corrected chi connectivity index (χ4v) is 3.49. The minimum Gasteiger partial charge on any atom is -0.450 e. The molecule has 8 nitrogen and oxygen atoms in total. The minimum absolute atomic E-state index is 0. The molecule has 2 heterocycles. The van der Waals surface area contributed by atoms with E-state index in [2.05, 4.69) is 20.1 Å². The number of ether oxygens (including phenoxy) is 2. The molecular formula is C17H34IN5O3. The van der Waals surface area contributed by atoms with E-state index in [1.807, 2.05) is 14.0 Å². The molecule has 1 amide bonds. The van der Waals surface area contributed by atoms with Crippen molar-refractivity contribution < 1.29 is 14.3 Å². The van der Waals surface area contributed by atoms with Crippen LogP contribution in [-0.4, -0.2) is 106 Å². The van der Waals surface area contributed by atoms with E-state index >= 15 is 0 Å². The van der Waals surface area contributed by atoms with E-state index in [0.717, 1.165) is 45.3 Å². The molecule has 0 spiro atoms. The van der Waals surface area contributed by atoms with Crippen molar-refractivity contribution in [2.24, 2.45) is 4.99 Å². The molecule has 2 aliphatic heterocycles. The molecule has 2 saturated heterocycles. The predicted molar refractivity (Wildman–Crippen MR) is 113 cm³/mol. The molecule has 0 bridgehead atoms. The predicted octanol–water partition coefficient (Wildman–Crippen LogP) is 1.06. The van der Waals surface area contributed by atoms with Crippen molar-refractivity contribution in [2.75, 3.05) is 73.2 Å². The quantitative estimate of drug-likeness (QED) is 0.346. The molecular weight excluding hydrogens is 449 g/mol. The summed E-state index contributed by atoms with van der Waals surface area (Å²) in [6.07, 6.45) is 2.24. The monoisotopic (exact) mass is 483 g/mol. The maximum absolute atomic E-state index is 11.8. The lowest BCUT2D eigenvalue weighted by Gasteiger charge is -2.36. The number of rotatable bonds is 6. The first-order chi connectivity index (χ1) is 12.2. The van der Waals surface area contributed by atoms with Gasteiger partial charge in [-0.3, -0.25) is 9.89 Å². The Morgan fingerprint density at radius 2 is 1.88 bits per heavy atom. The Hall–Kier alpha value is -0.810. The van der Waals surface area contributed by atoms with Gasteiger partial charge in [-0.15, -0.1) is 24.0 Å². The number of hydrogen-bond acceptors (Lipinski definition) is 5. The number of guanidine groups is 1. The van der Waals surface area contributed by atoms with Gasteiger partial charge < -0.3 is 24.6 Å². The van der Waals surface area contributed by atoms with Crippen LogP contribution in [0.1, 0.15) is 19.8 Å². The van der Waals surface area contributed by atoms with Gasteiger partial charge in [-0.2, -0.15) is 0 Å². The summed E-state index contributed by atoms with van der Waals surface area (Å²) < 4.78 is 10.3. The van der Waals surface area contributed by atoms with Crippen molar-refractivity contribution in [1.82, 2.24) is 20.0 Å². The molecule has 0 saturated carbocycles. The zero-order valence-electron chi connectivity index (χ0n) is 16.3. The molecule has 2 rings (SSSR count). The number of nitrogens with one attached hydrogen (secondary N) is 1. The summed E-state index contributed by atoms with van der Waals surface area (Å²) in [5, 5.41) is 3.52. The number of nitrogens with zero attached hydrogens (tertiary/aromatic N) is 4. The van der Waals surface area contributed by atoms with E-state index in [1.54, 1.807) is 12.0 Å². The number of carbonyl (C=O) groups is 1. The van der Waals surface area contributed by atoms with Gasteiger partial charge in [0.15, 0.2) is 5.96 Å². The molecule has 0 radical (unpaired) electrons. The van der Waals surface area contributed by atoms with Crippen molar-refractivity contribution in [3.8, 4) is 0 Å². The highest BCUT2D eigenvalue weighted by molar-refractivity contribution is 14.0. The summed E-state index contributed by atoms with van der Waals surface area (Å²) in [5.74, 6) is 0.919. The SMILES string of the molecule is CCOC(=O)N1CCN(C(=NC)NCC2CCCN2CCOC)CC1.I. The van der Waals surface area contributed by atoms with Crippen LogP contribution in [0.2, 0.25) is 0 Å². The Morgan fingerprint density at radius 1 is 1.19 bits per heavy atom. The Bertz CT molecular complexity index is 444. The largest absolute Gasteiger partial charge is 0.450 e. The molecule has 0 aliphatic carbocycles. The maximum Gasteiger partial charge on any atom is 0.409 e. The molecule has 0 aromatic rings. The Morgan fingerprint density at radius 3 is 2.50 bits per heavy atom. The lowest BCUT2D eigenvalue weighted by atomic mass is 10.2. The zero-order valence-corrected chi connectivity index (χ0v) is 18.6. The minimum atomic E-state index is -0.218. The Labute approximate surface area is 174 Å². The van der Waals surface area contributed by atoms with Crippen LogP contribution in [0.3, 0.4) is 0 Å². The second kappa shape index (κ2) is 12.6. The summed E-state index contributed by atoms with van der Waals surface area (Å²) in [6, 6.07) is 0.535. The van der Waals surface area contributed by atoms with Gasteiger partial charge in [0.25, 0.3) is 0 Å². The van der Waals surface area contributed by atoms with Crippen molar-refractivity contribution >= 4 is 36.0 Å². The molecule has 1 unspecified atom stereocenters. The average Bonchev–Trinajstić information content (AvgIpc) is 3.08. The van der Waals surface area contributed by atoms with Crippen LogP contribution in [0.15, 0.2) is 4.99 Å². The van der Waals surface area contributed by atoms with E-state index in [1.165, 1.54) is 12.8 Å². The molecule has 2 fully saturated rings. The van der Waals surface area contributed by atoms with Gasteiger partial charge >= 0.3 is 6.09 Å². The fraction of sp³-hybridized carbons (Fsp3) is 0.882. The van der Waals surface area contributed by atoms with Crippen LogP contribution in [0.4, 0.5) is 4.79 Å². The van der Waals surface area contributed by atoms with Gasteiger partial charge in [0.1, 0.15) is 0 Å². The van der Waals surface area contributed by atoms with E-state index in [9.17, 15) is 4.79 Å². The number of piperazine rings is 1. The van der Waals surface area contributed by atoms with Gasteiger partial charge in [0.2, 0.25) is 0 Å². The van der Waals surface area contributed by atoms with Crippen LogP contribution >= 0.6 is 24.0 Å². The number of halogens is 1. The van der Waals surface area contributed by atoms with E-state index in [0.29, 0.717) is 25.7 Å². The zero-order chi connectivity index (χ0) is 18.1. The standard InChI is InChI=1S/C17H33N5O3.HI/c1-4-25-17(23)22-10-8-21(9-11-22)16(18-2)19-14-15-6-5-7-20(15)12-13-24-3;/h15H,4-14H2,1-3H3,(H,18,19);1H. The molecule has 0 aromatic carbocycles.